The van der Waals surface area contributed by atoms with Gasteiger partial charge in [0.2, 0.25) is 0 Å². The Morgan fingerprint density at radius 1 is 0.952 bits per heavy atom. The summed E-state index contributed by atoms with van der Waals surface area (Å²) < 4.78 is 0. The lowest BCUT2D eigenvalue weighted by atomic mass is 9.97. The number of benzene rings is 1. The molecule has 2 heteroatoms. The van der Waals surface area contributed by atoms with E-state index < -0.39 is 0 Å². The second kappa shape index (κ2) is 7.65. The van der Waals surface area contributed by atoms with Gasteiger partial charge in [0.25, 0.3) is 0 Å². The highest BCUT2D eigenvalue weighted by Crippen LogP contribution is 2.21. The molecule has 0 bridgehead atoms. The molecule has 1 N–H and O–H groups in total. The van der Waals surface area contributed by atoms with Crippen molar-refractivity contribution in [2.75, 3.05) is 24.5 Å². The largest absolute Gasteiger partial charge is 0.372 e. The van der Waals surface area contributed by atoms with Gasteiger partial charge < -0.3 is 10.2 Å². The standard InChI is InChI=1S/C19H28N2/c1-2-6-17(7-3-1)12-13-20-16-18-8-10-19(11-9-18)21-14-4-5-15-21/h6,8-11,20H,1-5,7,12-16H2. The summed E-state index contributed by atoms with van der Waals surface area (Å²) in [5.74, 6) is 0. The van der Waals surface area contributed by atoms with Crippen LogP contribution in [0.2, 0.25) is 0 Å². The highest BCUT2D eigenvalue weighted by Gasteiger charge is 2.11. The summed E-state index contributed by atoms with van der Waals surface area (Å²) in [4.78, 5) is 2.49. The summed E-state index contributed by atoms with van der Waals surface area (Å²) in [6.45, 7) is 4.56. The Bertz CT molecular complexity index is 455. The Hall–Kier alpha value is -1.28. The molecule has 3 rings (SSSR count). The Labute approximate surface area is 129 Å². The van der Waals surface area contributed by atoms with E-state index in [4.69, 9.17) is 0 Å². The molecule has 1 aliphatic carbocycles. The van der Waals surface area contributed by atoms with E-state index in [0.717, 1.165) is 13.1 Å². The summed E-state index contributed by atoms with van der Waals surface area (Å²) in [5, 5.41) is 3.58. The molecule has 0 amide bonds. The number of rotatable bonds is 6. The van der Waals surface area contributed by atoms with Gasteiger partial charge in [0.1, 0.15) is 0 Å². The molecule has 1 aromatic carbocycles. The molecule has 0 spiro atoms. The van der Waals surface area contributed by atoms with Crippen LogP contribution in [0.3, 0.4) is 0 Å². The van der Waals surface area contributed by atoms with Crippen LogP contribution in [-0.4, -0.2) is 19.6 Å². The molecule has 0 unspecified atom stereocenters. The van der Waals surface area contributed by atoms with Crippen molar-refractivity contribution in [1.29, 1.82) is 0 Å². The Morgan fingerprint density at radius 3 is 2.48 bits per heavy atom. The molecule has 0 saturated carbocycles. The van der Waals surface area contributed by atoms with E-state index in [2.05, 4.69) is 40.6 Å². The fourth-order valence-corrected chi connectivity index (χ4v) is 3.41. The molecule has 1 aromatic rings. The van der Waals surface area contributed by atoms with Crippen LogP contribution in [0.25, 0.3) is 0 Å². The third kappa shape index (κ3) is 4.34. The maximum absolute atomic E-state index is 3.58. The van der Waals surface area contributed by atoms with Gasteiger partial charge in [-0.3, -0.25) is 0 Å². The van der Waals surface area contributed by atoms with E-state index in [1.54, 1.807) is 5.57 Å². The van der Waals surface area contributed by atoms with Crippen LogP contribution < -0.4 is 10.2 Å². The van der Waals surface area contributed by atoms with Gasteiger partial charge in [-0.2, -0.15) is 0 Å². The first-order chi connectivity index (χ1) is 10.4. The summed E-state index contributed by atoms with van der Waals surface area (Å²) >= 11 is 0. The quantitative estimate of drug-likeness (QED) is 0.620. The van der Waals surface area contributed by atoms with Gasteiger partial charge >= 0.3 is 0 Å². The average Bonchev–Trinajstić information content (AvgIpc) is 3.08. The summed E-state index contributed by atoms with van der Waals surface area (Å²) in [6, 6.07) is 9.12. The molecule has 1 fully saturated rings. The van der Waals surface area contributed by atoms with Crippen LogP contribution >= 0.6 is 0 Å². The van der Waals surface area contributed by atoms with E-state index in [0.29, 0.717) is 0 Å². The topological polar surface area (TPSA) is 15.3 Å². The molecule has 114 valence electrons. The Kier molecular flexibility index (Phi) is 5.34. The SMILES string of the molecule is C1=C(CCNCc2ccc(N3CCCC3)cc2)CCCC1. The molecule has 2 aliphatic rings. The zero-order valence-electron chi connectivity index (χ0n) is 13.1. The minimum Gasteiger partial charge on any atom is -0.372 e. The van der Waals surface area contributed by atoms with Crippen molar-refractivity contribution >= 4 is 5.69 Å². The van der Waals surface area contributed by atoms with Gasteiger partial charge in [-0.15, -0.1) is 0 Å². The molecule has 0 aromatic heterocycles. The normalized spacial score (nSPS) is 18.9. The number of nitrogens with one attached hydrogen (secondary N) is 1. The Morgan fingerprint density at radius 2 is 1.76 bits per heavy atom. The highest BCUT2D eigenvalue weighted by molar-refractivity contribution is 5.48. The predicted octanol–water partition coefficient (Wildman–Crippen LogP) is 4.27. The van der Waals surface area contributed by atoms with Gasteiger partial charge in [0.05, 0.1) is 0 Å². The van der Waals surface area contributed by atoms with Crippen LogP contribution in [0.1, 0.15) is 50.5 Å². The fraction of sp³-hybridized carbons (Fsp3) is 0.579. The number of nitrogens with zero attached hydrogens (tertiary/aromatic N) is 1. The van der Waals surface area contributed by atoms with E-state index in [1.807, 2.05) is 0 Å². The zero-order valence-corrected chi connectivity index (χ0v) is 13.1. The monoisotopic (exact) mass is 284 g/mol. The molecule has 21 heavy (non-hydrogen) atoms. The van der Waals surface area contributed by atoms with Gasteiger partial charge in [0, 0.05) is 25.3 Å². The summed E-state index contributed by atoms with van der Waals surface area (Å²) in [7, 11) is 0. The van der Waals surface area contributed by atoms with Crippen molar-refractivity contribution in [3.05, 3.63) is 41.5 Å². The first kappa shape index (κ1) is 14.6. The van der Waals surface area contributed by atoms with Crippen LogP contribution in [0, 0.1) is 0 Å². The predicted molar refractivity (Wildman–Crippen MR) is 90.8 cm³/mol. The molecule has 1 aliphatic heterocycles. The third-order valence-corrected chi connectivity index (χ3v) is 4.74. The lowest BCUT2D eigenvalue weighted by Crippen LogP contribution is -2.18. The maximum atomic E-state index is 3.58. The van der Waals surface area contributed by atoms with Crippen LogP contribution in [0.15, 0.2) is 35.9 Å². The Balaban J connectivity index is 1.39. The van der Waals surface area contributed by atoms with Gasteiger partial charge in [-0.1, -0.05) is 23.8 Å². The number of anilines is 1. The number of hydrogen-bond acceptors (Lipinski definition) is 2. The third-order valence-electron chi connectivity index (χ3n) is 4.74. The molecule has 0 atom stereocenters. The van der Waals surface area contributed by atoms with E-state index >= 15 is 0 Å². The maximum Gasteiger partial charge on any atom is 0.0366 e. The van der Waals surface area contributed by atoms with Crippen molar-refractivity contribution in [2.24, 2.45) is 0 Å². The van der Waals surface area contributed by atoms with Crippen molar-refractivity contribution in [1.82, 2.24) is 5.32 Å². The highest BCUT2D eigenvalue weighted by atomic mass is 15.1. The first-order valence-corrected chi connectivity index (χ1v) is 8.64. The second-order valence-electron chi connectivity index (χ2n) is 6.40. The van der Waals surface area contributed by atoms with Crippen molar-refractivity contribution in [3.63, 3.8) is 0 Å². The average molecular weight is 284 g/mol. The van der Waals surface area contributed by atoms with E-state index in [9.17, 15) is 0 Å². The second-order valence-corrected chi connectivity index (χ2v) is 6.40. The number of hydrogen-bond donors (Lipinski definition) is 1. The molecule has 1 heterocycles. The smallest absolute Gasteiger partial charge is 0.0366 e. The van der Waals surface area contributed by atoms with Gasteiger partial charge in [0.15, 0.2) is 0 Å². The van der Waals surface area contributed by atoms with Crippen LogP contribution in [-0.2, 0) is 6.54 Å². The zero-order chi connectivity index (χ0) is 14.3. The molecule has 2 nitrogen and oxygen atoms in total. The van der Waals surface area contributed by atoms with E-state index in [-0.39, 0.29) is 0 Å². The van der Waals surface area contributed by atoms with Crippen molar-refractivity contribution in [2.45, 2.75) is 51.5 Å². The first-order valence-electron chi connectivity index (χ1n) is 8.64. The molecular formula is C19H28N2. The minimum absolute atomic E-state index is 0.994. The lowest BCUT2D eigenvalue weighted by Gasteiger charge is -2.18. The van der Waals surface area contributed by atoms with Crippen LogP contribution in [0.4, 0.5) is 5.69 Å². The van der Waals surface area contributed by atoms with Crippen LogP contribution in [0.5, 0.6) is 0 Å². The van der Waals surface area contributed by atoms with Gasteiger partial charge in [-0.25, -0.2) is 0 Å². The summed E-state index contributed by atoms with van der Waals surface area (Å²) in [5.41, 5.74) is 4.46. The molecule has 0 radical (unpaired) electrons. The number of allylic oxidation sites excluding steroid dienone is 1. The molecular weight excluding hydrogens is 256 g/mol. The minimum atomic E-state index is 0.994. The summed E-state index contributed by atoms with van der Waals surface area (Å²) in [6.07, 6.45) is 11.8. The van der Waals surface area contributed by atoms with Crippen molar-refractivity contribution < 1.29 is 0 Å². The van der Waals surface area contributed by atoms with Crippen molar-refractivity contribution in [3.8, 4) is 0 Å². The lowest BCUT2D eigenvalue weighted by molar-refractivity contribution is 0.632. The van der Waals surface area contributed by atoms with Gasteiger partial charge in [-0.05, 0) is 69.2 Å². The van der Waals surface area contributed by atoms with E-state index in [1.165, 1.54) is 69.3 Å². The molecule has 1 saturated heterocycles. The fourth-order valence-electron chi connectivity index (χ4n) is 3.41.